The fourth-order valence-corrected chi connectivity index (χ4v) is 1.81. The number of aromatic nitrogens is 1. The van der Waals surface area contributed by atoms with Crippen molar-refractivity contribution in [3.05, 3.63) is 30.0 Å². The number of phenolic OH excluding ortho intramolecular Hbond substituents is 1. The number of H-pyrrole nitrogens is 1. The molecule has 2 aromatic rings. The van der Waals surface area contributed by atoms with Crippen LogP contribution < -0.4 is 5.73 Å². The topological polar surface area (TPSA) is 88.3 Å². The molecule has 2 rings (SSSR count). The standard InChI is InChI=1S/C12H14N2O3.ClH/c1-17-12(16)10(13)4-7-6-14-11-3-2-8(15)5-9(7)11;/h2-3,5-6,10,14-15H,4,13H2,1H3;1H/t10-;/m1./s1. The number of ether oxygens (including phenoxy) is 1. The Balaban J connectivity index is 0.00000162. The van der Waals surface area contributed by atoms with Gasteiger partial charge in [-0.3, -0.25) is 4.79 Å². The normalized spacial score (nSPS) is 11.9. The average Bonchev–Trinajstić information content (AvgIpc) is 2.71. The molecule has 0 aliphatic rings. The molecule has 0 spiro atoms. The first-order valence-corrected chi connectivity index (χ1v) is 5.24. The van der Waals surface area contributed by atoms with Gasteiger partial charge in [0.1, 0.15) is 11.8 Å². The molecule has 0 amide bonds. The molecule has 98 valence electrons. The number of benzene rings is 1. The Hall–Kier alpha value is -1.72. The lowest BCUT2D eigenvalue weighted by molar-refractivity contribution is -0.142. The number of aromatic hydroxyl groups is 1. The molecule has 0 saturated heterocycles. The number of carbonyl (C=O) groups is 1. The van der Waals surface area contributed by atoms with Gasteiger partial charge in [-0.25, -0.2) is 0 Å². The van der Waals surface area contributed by atoms with Crippen LogP contribution in [0.4, 0.5) is 0 Å². The molecule has 0 saturated carbocycles. The highest BCUT2D eigenvalue weighted by Gasteiger charge is 2.16. The maximum Gasteiger partial charge on any atom is 0.322 e. The number of nitrogens with one attached hydrogen (secondary N) is 1. The average molecular weight is 271 g/mol. The van der Waals surface area contributed by atoms with Crippen LogP contribution in [-0.2, 0) is 16.0 Å². The van der Waals surface area contributed by atoms with Gasteiger partial charge < -0.3 is 20.6 Å². The van der Waals surface area contributed by atoms with Crippen LogP contribution in [0, 0.1) is 0 Å². The first-order chi connectivity index (χ1) is 8.11. The molecule has 1 atom stereocenters. The minimum Gasteiger partial charge on any atom is -0.508 e. The number of carbonyl (C=O) groups excluding carboxylic acids is 1. The second kappa shape index (κ2) is 5.75. The van der Waals surface area contributed by atoms with Crippen LogP contribution in [0.3, 0.4) is 0 Å². The lowest BCUT2D eigenvalue weighted by Crippen LogP contribution is -2.33. The number of hydrogen-bond donors (Lipinski definition) is 3. The van der Waals surface area contributed by atoms with Gasteiger partial charge in [0, 0.05) is 23.5 Å². The zero-order valence-electron chi connectivity index (χ0n) is 9.84. The third-order valence-electron chi connectivity index (χ3n) is 2.69. The molecule has 0 aliphatic heterocycles. The molecule has 1 aromatic heterocycles. The van der Waals surface area contributed by atoms with E-state index in [-0.39, 0.29) is 18.2 Å². The second-order valence-corrected chi connectivity index (χ2v) is 3.88. The fourth-order valence-electron chi connectivity index (χ4n) is 1.81. The largest absolute Gasteiger partial charge is 0.508 e. The lowest BCUT2D eigenvalue weighted by Gasteiger charge is -2.08. The number of hydrogen-bond acceptors (Lipinski definition) is 4. The predicted molar refractivity (Wildman–Crippen MR) is 70.9 cm³/mol. The fraction of sp³-hybridized carbons (Fsp3) is 0.250. The van der Waals surface area contributed by atoms with E-state index in [9.17, 15) is 9.90 Å². The van der Waals surface area contributed by atoms with E-state index >= 15 is 0 Å². The predicted octanol–water partition coefficient (Wildman–Crippen LogP) is 1.34. The Kier molecular flexibility index (Phi) is 4.58. The minimum atomic E-state index is -0.693. The summed E-state index contributed by atoms with van der Waals surface area (Å²) < 4.78 is 4.57. The minimum absolute atomic E-state index is 0. The summed E-state index contributed by atoms with van der Waals surface area (Å²) in [6, 6.07) is 4.33. The monoisotopic (exact) mass is 270 g/mol. The van der Waals surface area contributed by atoms with Crippen LogP contribution in [0.15, 0.2) is 24.4 Å². The van der Waals surface area contributed by atoms with Crippen molar-refractivity contribution in [1.29, 1.82) is 0 Å². The summed E-state index contributed by atoms with van der Waals surface area (Å²) in [5.41, 5.74) is 7.48. The molecule has 1 aromatic carbocycles. The highest BCUT2D eigenvalue weighted by molar-refractivity contribution is 5.86. The summed E-state index contributed by atoms with van der Waals surface area (Å²) in [5, 5.41) is 10.3. The molecular weight excluding hydrogens is 256 g/mol. The Morgan fingerprint density at radius 2 is 2.28 bits per heavy atom. The van der Waals surface area contributed by atoms with Gasteiger partial charge >= 0.3 is 5.97 Å². The number of rotatable bonds is 3. The number of aromatic amines is 1. The molecular formula is C12H15ClN2O3. The van der Waals surface area contributed by atoms with Crippen molar-refractivity contribution in [2.45, 2.75) is 12.5 Å². The first-order valence-electron chi connectivity index (χ1n) is 5.24. The van der Waals surface area contributed by atoms with Crippen molar-refractivity contribution >= 4 is 29.3 Å². The summed E-state index contributed by atoms with van der Waals surface area (Å²) in [5.74, 6) is -0.260. The first kappa shape index (κ1) is 14.3. The summed E-state index contributed by atoms with van der Waals surface area (Å²) >= 11 is 0. The van der Waals surface area contributed by atoms with Crippen molar-refractivity contribution in [1.82, 2.24) is 4.98 Å². The van der Waals surface area contributed by atoms with Crippen LogP contribution in [0.1, 0.15) is 5.56 Å². The van der Waals surface area contributed by atoms with Crippen molar-refractivity contribution in [3.8, 4) is 5.75 Å². The van der Waals surface area contributed by atoms with E-state index in [2.05, 4.69) is 9.72 Å². The van der Waals surface area contributed by atoms with Crippen LogP contribution in [0.5, 0.6) is 5.75 Å². The van der Waals surface area contributed by atoms with Crippen LogP contribution >= 0.6 is 12.4 Å². The van der Waals surface area contributed by atoms with Crippen LogP contribution in [-0.4, -0.2) is 29.2 Å². The van der Waals surface area contributed by atoms with E-state index in [0.29, 0.717) is 6.42 Å². The van der Waals surface area contributed by atoms with E-state index in [1.165, 1.54) is 7.11 Å². The Morgan fingerprint density at radius 3 is 2.94 bits per heavy atom. The number of methoxy groups -OCH3 is 1. The Labute approximate surface area is 110 Å². The van der Waals surface area contributed by atoms with E-state index in [1.54, 1.807) is 24.4 Å². The molecule has 0 unspecified atom stereocenters. The van der Waals surface area contributed by atoms with Crippen molar-refractivity contribution < 1.29 is 14.6 Å². The molecule has 0 radical (unpaired) electrons. The van der Waals surface area contributed by atoms with Gasteiger partial charge in [0.25, 0.3) is 0 Å². The number of phenols is 1. The summed E-state index contributed by atoms with van der Waals surface area (Å²) in [6.07, 6.45) is 2.16. The number of fused-ring (bicyclic) bond motifs is 1. The lowest BCUT2D eigenvalue weighted by atomic mass is 10.1. The van der Waals surface area contributed by atoms with E-state index in [0.717, 1.165) is 16.5 Å². The molecule has 5 nitrogen and oxygen atoms in total. The highest BCUT2D eigenvalue weighted by Crippen LogP contribution is 2.23. The van der Waals surface area contributed by atoms with Gasteiger partial charge in [0.05, 0.1) is 7.11 Å². The van der Waals surface area contributed by atoms with Gasteiger partial charge in [-0.2, -0.15) is 0 Å². The van der Waals surface area contributed by atoms with E-state index in [4.69, 9.17) is 5.73 Å². The van der Waals surface area contributed by atoms with Crippen molar-refractivity contribution in [2.75, 3.05) is 7.11 Å². The number of nitrogens with two attached hydrogens (primary N) is 1. The van der Waals surface area contributed by atoms with Crippen molar-refractivity contribution in [2.24, 2.45) is 5.73 Å². The second-order valence-electron chi connectivity index (χ2n) is 3.88. The molecule has 6 heteroatoms. The maximum absolute atomic E-state index is 11.2. The molecule has 4 N–H and O–H groups in total. The molecule has 18 heavy (non-hydrogen) atoms. The quantitative estimate of drug-likeness (QED) is 0.735. The zero-order chi connectivity index (χ0) is 12.4. The molecule has 0 bridgehead atoms. The number of esters is 1. The zero-order valence-corrected chi connectivity index (χ0v) is 10.7. The third-order valence-corrected chi connectivity index (χ3v) is 2.69. The Bertz CT molecular complexity index is 553. The van der Waals surface area contributed by atoms with Gasteiger partial charge in [0.15, 0.2) is 0 Å². The van der Waals surface area contributed by atoms with Gasteiger partial charge in [-0.15, -0.1) is 12.4 Å². The maximum atomic E-state index is 11.2. The van der Waals surface area contributed by atoms with Gasteiger partial charge in [-0.05, 0) is 23.8 Å². The molecule has 1 heterocycles. The SMILES string of the molecule is COC(=O)[C@H](N)Cc1c[nH]c2ccc(O)cc12.Cl. The van der Waals surface area contributed by atoms with Crippen LogP contribution in [0.25, 0.3) is 10.9 Å². The third kappa shape index (κ3) is 2.75. The van der Waals surface area contributed by atoms with E-state index in [1.807, 2.05) is 0 Å². The summed E-state index contributed by atoms with van der Waals surface area (Å²) in [6.45, 7) is 0. The van der Waals surface area contributed by atoms with Crippen molar-refractivity contribution in [3.63, 3.8) is 0 Å². The Morgan fingerprint density at radius 1 is 1.56 bits per heavy atom. The highest BCUT2D eigenvalue weighted by atomic mass is 35.5. The van der Waals surface area contributed by atoms with Crippen LogP contribution in [0.2, 0.25) is 0 Å². The number of halogens is 1. The van der Waals surface area contributed by atoms with Gasteiger partial charge in [0.2, 0.25) is 0 Å². The summed E-state index contributed by atoms with van der Waals surface area (Å²) in [4.78, 5) is 14.3. The van der Waals surface area contributed by atoms with Gasteiger partial charge in [-0.1, -0.05) is 0 Å². The smallest absolute Gasteiger partial charge is 0.322 e. The summed E-state index contributed by atoms with van der Waals surface area (Å²) in [7, 11) is 1.31. The van der Waals surface area contributed by atoms with E-state index < -0.39 is 12.0 Å². The molecule has 0 fully saturated rings. The molecule has 0 aliphatic carbocycles.